The quantitative estimate of drug-likeness (QED) is 0.623. The second kappa shape index (κ2) is 6.73. The maximum atomic E-state index is 2.26. The second-order valence-electron chi connectivity index (χ2n) is 5.24. The van der Waals surface area contributed by atoms with Crippen molar-refractivity contribution in [3.63, 3.8) is 0 Å². The molecule has 1 aromatic rings. The Hall–Kier alpha value is -0.780. The third kappa shape index (κ3) is 4.00. The first-order valence-electron chi connectivity index (χ1n) is 6.99. The lowest BCUT2D eigenvalue weighted by Crippen LogP contribution is -1.99. The molecule has 1 aliphatic carbocycles. The molecular formula is C16H24. The van der Waals surface area contributed by atoms with Crippen LogP contribution in [0, 0.1) is 5.92 Å². The summed E-state index contributed by atoms with van der Waals surface area (Å²) in [5.41, 5.74) is 1.51. The van der Waals surface area contributed by atoms with E-state index in [1.54, 1.807) is 0 Å². The molecule has 0 heterocycles. The lowest BCUT2D eigenvalue weighted by Gasteiger charge is -2.13. The Bertz CT molecular complexity index is 267. The van der Waals surface area contributed by atoms with Crippen LogP contribution >= 0.6 is 0 Å². The highest BCUT2D eigenvalue weighted by Gasteiger charge is 2.11. The van der Waals surface area contributed by atoms with Gasteiger partial charge in [-0.2, -0.15) is 0 Å². The molecule has 0 N–H and O–H groups in total. The van der Waals surface area contributed by atoms with Gasteiger partial charge in [-0.3, -0.25) is 0 Å². The van der Waals surface area contributed by atoms with Gasteiger partial charge in [-0.1, -0.05) is 75.3 Å². The Kier molecular flexibility index (Phi) is 4.92. The van der Waals surface area contributed by atoms with E-state index in [4.69, 9.17) is 0 Å². The predicted molar refractivity (Wildman–Crippen MR) is 70.6 cm³/mol. The molecule has 0 bridgehead atoms. The summed E-state index contributed by atoms with van der Waals surface area (Å²) in [4.78, 5) is 0. The molecule has 0 aromatic heterocycles. The van der Waals surface area contributed by atoms with Crippen molar-refractivity contribution in [1.29, 1.82) is 0 Å². The minimum absolute atomic E-state index is 1.03. The van der Waals surface area contributed by atoms with Crippen molar-refractivity contribution in [2.75, 3.05) is 0 Å². The summed E-state index contributed by atoms with van der Waals surface area (Å²) in [6, 6.07) is 10.9. The average Bonchev–Trinajstić information content (AvgIpc) is 2.59. The van der Waals surface area contributed by atoms with Crippen LogP contribution in [0.1, 0.15) is 56.9 Å². The highest BCUT2D eigenvalue weighted by molar-refractivity contribution is 5.14. The standard InChI is InChI=1S/C16H24/c1-2-5-10-15(9-4-1)13-8-14-16-11-6-3-7-12-16/h3,6-7,11-12,15H,1-2,4-5,8-10,13-14H2. The van der Waals surface area contributed by atoms with Crippen LogP contribution in [-0.4, -0.2) is 0 Å². The van der Waals surface area contributed by atoms with Crippen molar-refractivity contribution in [3.8, 4) is 0 Å². The van der Waals surface area contributed by atoms with Gasteiger partial charge in [0.15, 0.2) is 0 Å². The zero-order chi connectivity index (χ0) is 11.1. The van der Waals surface area contributed by atoms with Crippen LogP contribution in [0.3, 0.4) is 0 Å². The summed E-state index contributed by atoms with van der Waals surface area (Å²) in [5, 5.41) is 0. The third-order valence-corrected chi connectivity index (χ3v) is 3.90. The van der Waals surface area contributed by atoms with Crippen molar-refractivity contribution in [2.24, 2.45) is 5.92 Å². The largest absolute Gasteiger partial charge is 0.0622 e. The minimum atomic E-state index is 1.03. The molecular weight excluding hydrogens is 192 g/mol. The van der Waals surface area contributed by atoms with Gasteiger partial charge in [-0.05, 0) is 24.3 Å². The van der Waals surface area contributed by atoms with Crippen molar-refractivity contribution in [3.05, 3.63) is 35.9 Å². The fourth-order valence-electron chi connectivity index (χ4n) is 2.89. The maximum Gasteiger partial charge on any atom is -0.0279 e. The monoisotopic (exact) mass is 216 g/mol. The normalized spacial score (nSPS) is 18.2. The van der Waals surface area contributed by atoms with Crippen molar-refractivity contribution in [2.45, 2.75) is 57.8 Å². The molecule has 88 valence electrons. The molecule has 0 radical (unpaired) electrons. The molecule has 1 saturated carbocycles. The smallest absolute Gasteiger partial charge is 0.0279 e. The summed E-state index contributed by atoms with van der Waals surface area (Å²) in [7, 11) is 0. The van der Waals surface area contributed by atoms with Gasteiger partial charge in [0.25, 0.3) is 0 Å². The van der Waals surface area contributed by atoms with Gasteiger partial charge in [0.2, 0.25) is 0 Å². The zero-order valence-corrected chi connectivity index (χ0v) is 10.3. The number of hydrogen-bond acceptors (Lipinski definition) is 0. The maximum absolute atomic E-state index is 2.26. The summed E-state index contributed by atoms with van der Waals surface area (Å²) in [6.45, 7) is 0. The van der Waals surface area contributed by atoms with Gasteiger partial charge in [0.05, 0.1) is 0 Å². The van der Waals surface area contributed by atoms with E-state index in [1.165, 1.54) is 63.4 Å². The lowest BCUT2D eigenvalue weighted by molar-refractivity contribution is 0.416. The molecule has 1 aliphatic rings. The molecule has 0 heteroatoms. The molecule has 0 saturated heterocycles. The first kappa shape index (κ1) is 11.7. The molecule has 0 nitrogen and oxygen atoms in total. The number of rotatable bonds is 4. The van der Waals surface area contributed by atoms with Crippen LogP contribution in [0.15, 0.2) is 30.3 Å². The highest BCUT2D eigenvalue weighted by Crippen LogP contribution is 2.26. The first-order chi connectivity index (χ1) is 7.95. The SMILES string of the molecule is c1ccc(CCCC2CCCCCC2)cc1. The zero-order valence-electron chi connectivity index (χ0n) is 10.3. The molecule has 0 aliphatic heterocycles. The molecule has 1 aromatic carbocycles. The first-order valence-corrected chi connectivity index (χ1v) is 6.99. The summed E-state index contributed by atoms with van der Waals surface area (Å²) >= 11 is 0. The molecule has 16 heavy (non-hydrogen) atoms. The van der Waals surface area contributed by atoms with Crippen LogP contribution in [0.25, 0.3) is 0 Å². The Morgan fingerprint density at radius 1 is 0.875 bits per heavy atom. The van der Waals surface area contributed by atoms with Gasteiger partial charge in [-0.25, -0.2) is 0 Å². The van der Waals surface area contributed by atoms with E-state index in [0.717, 1.165) is 5.92 Å². The second-order valence-corrected chi connectivity index (χ2v) is 5.24. The summed E-state index contributed by atoms with van der Waals surface area (Å²) in [6.07, 6.45) is 13.0. The Morgan fingerprint density at radius 2 is 1.56 bits per heavy atom. The van der Waals surface area contributed by atoms with Crippen LogP contribution < -0.4 is 0 Å². The van der Waals surface area contributed by atoms with E-state index in [1.807, 2.05) is 0 Å². The summed E-state index contributed by atoms with van der Waals surface area (Å²) < 4.78 is 0. The van der Waals surface area contributed by atoms with E-state index in [9.17, 15) is 0 Å². The average molecular weight is 216 g/mol. The van der Waals surface area contributed by atoms with Crippen LogP contribution in [0.2, 0.25) is 0 Å². The highest BCUT2D eigenvalue weighted by atomic mass is 14.2. The lowest BCUT2D eigenvalue weighted by atomic mass is 9.93. The van der Waals surface area contributed by atoms with E-state index in [2.05, 4.69) is 30.3 Å². The molecule has 0 unspecified atom stereocenters. The fraction of sp³-hybridized carbons (Fsp3) is 0.625. The Labute approximate surface area is 100 Å². The third-order valence-electron chi connectivity index (χ3n) is 3.90. The molecule has 1 fully saturated rings. The predicted octanol–water partition coefficient (Wildman–Crippen LogP) is 4.98. The van der Waals surface area contributed by atoms with Gasteiger partial charge in [0.1, 0.15) is 0 Å². The number of benzene rings is 1. The van der Waals surface area contributed by atoms with E-state index in [-0.39, 0.29) is 0 Å². The molecule has 0 amide bonds. The van der Waals surface area contributed by atoms with Crippen LogP contribution in [0.5, 0.6) is 0 Å². The molecule has 2 rings (SSSR count). The summed E-state index contributed by atoms with van der Waals surface area (Å²) in [5.74, 6) is 1.03. The van der Waals surface area contributed by atoms with Gasteiger partial charge < -0.3 is 0 Å². The fourth-order valence-corrected chi connectivity index (χ4v) is 2.89. The Balaban J connectivity index is 1.67. The van der Waals surface area contributed by atoms with E-state index >= 15 is 0 Å². The van der Waals surface area contributed by atoms with Crippen LogP contribution in [0.4, 0.5) is 0 Å². The topological polar surface area (TPSA) is 0 Å². The van der Waals surface area contributed by atoms with E-state index < -0.39 is 0 Å². The van der Waals surface area contributed by atoms with Crippen LogP contribution in [-0.2, 0) is 6.42 Å². The number of hydrogen-bond donors (Lipinski definition) is 0. The van der Waals surface area contributed by atoms with Crippen molar-refractivity contribution in [1.82, 2.24) is 0 Å². The molecule has 0 spiro atoms. The van der Waals surface area contributed by atoms with Crippen molar-refractivity contribution < 1.29 is 0 Å². The number of aryl methyl sites for hydroxylation is 1. The Morgan fingerprint density at radius 3 is 2.25 bits per heavy atom. The van der Waals surface area contributed by atoms with Gasteiger partial charge in [-0.15, -0.1) is 0 Å². The van der Waals surface area contributed by atoms with Crippen molar-refractivity contribution >= 4 is 0 Å². The molecule has 0 atom stereocenters. The van der Waals surface area contributed by atoms with Gasteiger partial charge >= 0.3 is 0 Å². The van der Waals surface area contributed by atoms with E-state index in [0.29, 0.717) is 0 Å². The minimum Gasteiger partial charge on any atom is -0.0622 e. The van der Waals surface area contributed by atoms with Gasteiger partial charge in [0, 0.05) is 0 Å².